The Bertz CT molecular complexity index is 405. The minimum atomic E-state index is 0.0584. The molecule has 0 saturated carbocycles. The van der Waals surface area contributed by atoms with Gasteiger partial charge in [0, 0.05) is 17.6 Å². The smallest absolute Gasteiger partial charge is 0.123 e. The third-order valence-corrected chi connectivity index (χ3v) is 3.68. The van der Waals surface area contributed by atoms with Crippen LogP contribution < -0.4 is 15.2 Å². The quantitative estimate of drug-likeness (QED) is 0.822. The van der Waals surface area contributed by atoms with Crippen molar-refractivity contribution >= 4 is 0 Å². The Morgan fingerprint density at radius 1 is 1.21 bits per heavy atom. The molecule has 0 aromatic heterocycles. The van der Waals surface area contributed by atoms with E-state index in [0.29, 0.717) is 6.54 Å². The second-order valence-electron chi connectivity index (χ2n) is 5.38. The normalized spacial score (nSPS) is 11.7. The highest BCUT2D eigenvalue weighted by Crippen LogP contribution is 2.27. The fraction of sp³-hybridized carbons (Fsp3) is 0.600. The first-order chi connectivity index (χ1) is 8.94. The summed E-state index contributed by atoms with van der Waals surface area (Å²) in [4.78, 5) is 2.29. The number of hydrogen-bond acceptors (Lipinski definition) is 4. The standard InChI is InChI=1S/C15H26N2O2/c1-15(2,8-9-16)17(3)11-12-10-13(18-4)6-7-14(12)19-5/h6-7,10H,8-9,11,16H2,1-5H3. The molecule has 0 aliphatic rings. The van der Waals surface area contributed by atoms with Crippen LogP contribution in [0.2, 0.25) is 0 Å². The molecule has 0 unspecified atom stereocenters. The molecular formula is C15H26N2O2. The summed E-state index contributed by atoms with van der Waals surface area (Å²) in [7, 11) is 5.47. The van der Waals surface area contributed by atoms with Crippen molar-refractivity contribution in [2.24, 2.45) is 5.73 Å². The van der Waals surface area contributed by atoms with E-state index in [2.05, 4.69) is 25.8 Å². The molecule has 0 spiro atoms. The first-order valence-corrected chi connectivity index (χ1v) is 6.57. The minimum absolute atomic E-state index is 0.0584. The van der Waals surface area contributed by atoms with Crippen molar-refractivity contribution in [2.75, 3.05) is 27.8 Å². The Morgan fingerprint density at radius 2 is 1.89 bits per heavy atom. The van der Waals surface area contributed by atoms with E-state index in [1.165, 1.54) is 0 Å². The van der Waals surface area contributed by atoms with E-state index in [0.717, 1.165) is 30.0 Å². The largest absolute Gasteiger partial charge is 0.497 e. The summed E-state index contributed by atoms with van der Waals surface area (Å²) >= 11 is 0. The van der Waals surface area contributed by atoms with Crippen LogP contribution in [0.1, 0.15) is 25.8 Å². The lowest BCUT2D eigenvalue weighted by Crippen LogP contribution is -2.42. The highest BCUT2D eigenvalue weighted by molar-refractivity contribution is 5.40. The average molecular weight is 266 g/mol. The lowest BCUT2D eigenvalue weighted by atomic mass is 9.98. The van der Waals surface area contributed by atoms with E-state index >= 15 is 0 Å². The molecule has 4 heteroatoms. The summed E-state index contributed by atoms with van der Waals surface area (Å²) in [6.07, 6.45) is 0.954. The van der Waals surface area contributed by atoms with Gasteiger partial charge in [0.15, 0.2) is 0 Å². The van der Waals surface area contributed by atoms with Gasteiger partial charge in [0.25, 0.3) is 0 Å². The number of nitrogens with zero attached hydrogens (tertiary/aromatic N) is 1. The van der Waals surface area contributed by atoms with Crippen molar-refractivity contribution in [3.8, 4) is 11.5 Å². The van der Waals surface area contributed by atoms with Gasteiger partial charge in [-0.15, -0.1) is 0 Å². The molecule has 0 radical (unpaired) electrons. The van der Waals surface area contributed by atoms with Gasteiger partial charge in [0.2, 0.25) is 0 Å². The van der Waals surface area contributed by atoms with Crippen LogP contribution in [-0.4, -0.2) is 38.3 Å². The summed E-state index contributed by atoms with van der Waals surface area (Å²) in [6.45, 7) is 5.89. The molecule has 4 nitrogen and oxygen atoms in total. The zero-order valence-electron chi connectivity index (χ0n) is 12.7. The highest BCUT2D eigenvalue weighted by Gasteiger charge is 2.23. The molecule has 0 atom stereocenters. The summed E-state index contributed by atoms with van der Waals surface area (Å²) in [5, 5.41) is 0. The molecular weight excluding hydrogens is 240 g/mol. The van der Waals surface area contributed by atoms with Crippen molar-refractivity contribution in [3.63, 3.8) is 0 Å². The van der Waals surface area contributed by atoms with E-state index in [4.69, 9.17) is 15.2 Å². The van der Waals surface area contributed by atoms with E-state index in [-0.39, 0.29) is 5.54 Å². The fourth-order valence-corrected chi connectivity index (χ4v) is 2.02. The van der Waals surface area contributed by atoms with Crippen LogP contribution in [0.3, 0.4) is 0 Å². The number of rotatable bonds is 7. The number of nitrogens with two attached hydrogens (primary N) is 1. The monoisotopic (exact) mass is 266 g/mol. The van der Waals surface area contributed by atoms with Crippen LogP contribution in [0.5, 0.6) is 11.5 Å². The first kappa shape index (κ1) is 15.8. The van der Waals surface area contributed by atoms with Crippen molar-refractivity contribution in [2.45, 2.75) is 32.4 Å². The predicted molar refractivity (Wildman–Crippen MR) is 78.8 cm³/mol. The van der Waals surface area contributed by atoms with Crippen LogP contribution in [0.25, 0.3) is 0 Å². The van der Waals surface area contributed by atoms with Gasteiger partial charge in [-0.3, -0.25) is 4.90 Å². The Hall–Kier alpha value is -1.26. The molecule has 0 heterocycles. The number of ether oxygens (including phenoxy) is 2. The van der Waals surface area contributed by atoms with Crippen LogP contribution in [0.15, 0.2) is 18.2 Å². The summed E-state index contributed by atoms with van der Waals surface area (Å²) in [5.74, 6) is 1.73. The van der Waals surface area contributed by atoms with Crippen LogP contribution >= 0.6 is 0 Å². The van der Waals surface area contributed by atoms with Gasteiger partial charge in [-0.25, -0.2) is 0 Å². The molecule has 108 valence electrons. The number of hydrogen-bond donors (Lipinski definition) is 1. The highest BCUT2D eigenvalue weighted by atomic mass is 16.5. The fourth-order valence-electron chi connectivity index (χ4n) is 2.02. The zero-order chi connectivity index (χ0) is 14.5. The number of methoxy groups -OCH3 is 2. The van der Waals surface area contributed by atoms with Gasteiger partial charge in [0.05, 0.1) is 14.2 Å². The van der Waals surface area contributed by atoms with E-state index in [1.807, 2.05) is 18.2 Å². The maximum Gasteiger partial charge on any atom is 0.123 e. The van der Waals surface area contributed by atoms with Crippen LogP contribution in [0.4, 0.5) is 0 Å². The van der Waals surface area contributed by atoms with Gasteiger partial charge in [-0.1, -0.05) is 0 Å². The van der Waals surface area contributed by atoms with Crippen LogP contribution in [-0.2, 0) is 6.54 Å². The van der Waals surface area contributed by atoms with Gasteiger partial charge in [-0.05, 0) is 52.1 Å². The zero-order valence-corrected chi connectivity index (χ0v) is 12.7. The molecule has 0 saturated heterocycles. The first-order valence-electron chi connectivity index (χ1n) is 6.57. The SMILES string of the molecule is COc1ccc(OC)c(CN(C)C(C)(C)CCN)c1. The summed E-state index contributed by atoms with van der Waals surface area (Å²) < 4.78 is 10.7. The molecule has 19 heavy (non-hydrogen) atoms. The summed E-state index contributed by atoms with van der Waals surface area (Å²) in [6, 6.07) is 5.87. The van der Waals surface area contributed by atoms with Crippen molar-refractivity contribution in [3.05, 3.63) is 23.8 Å². The second kappa shape index (κ2) is 6.78. The Balaban J connectivity index is 2.91. The molecule has 1 aromatic carbocycles. The Labute approximate surface area is 116 Å². The average Bonchev–Trinajstić information content (AvgIpc) is 2.38. The van der Waals surface area contributed by atoms with Gasteiger partial charge in [0.1, 0.15) is 11.5 Å². The maximum absolute atomic E-state index is 5.68. The topological polar surface area (TPSA) is 47.7 Å². The van der Waals surface area contributed by atoms with Crippen molar-refractivity contribution in [1.29, 1.82) is 0 Å². The van der Waals surface area contributed by atoms with Gasteiger partial charge < -0.3 is 15.2 Å². The lowest BCUT2D eigenvalue weighted by Gasteiger charge is -2.35. The van der Waals surface area contributed by atoms with Gasteiger partial charge in [-0.2, -0.15) is 0 Å². The Kier molecular flexibility index (Phi) is 5.63. The van der Waals surface area contributed by atoms with Crippen LogP contribution in [0, 0.1) is 0 Å². The molecule has 2 N–H and O–H groups in total. The van der Waals surface area contributed by atoms with E-state index in [1.54, 1.807) is 14.2 Å². The van der Waals surface area contributed by atoms with E-state index in [9.17, 15) is 0 Å². The molecule has 0 aliphatic heterocycles. The third kappa shape index (κ3) is 4.11. The molecule has 0 amide bonds. The minimum Gasteiger partial charge on any atom is -0.497 e. The molecule has 0 aliphatic carbocycles. The molecule has 0 fully saturated rings. The molecule has 1 aromatic rings. The third-order valence-electron chi connectivity index (χ3n) is 3.68. The lowest BCUT2D eigenvalue weighted by molar-refractivity contribution is 0.138. The second-order valence-corrected chi connectivity index (χ2v) is 5.38. The predicted octanol–water partition coefficient (Wildman–Crippen LogP) is 2.26. The summed E-state index contributed by atoms with van der Waals surface area (Å²) in [5.41, 5.74) is 6.85. The Morgan fingerprint density at radius 3 is 2.42 bits per heavy atom. The molecule has 0 bridgehead atoms. The van der Waals surface area contributed by atoms with Crippen molar-refractivity contribution in [1.82, 2.24) is 4.90 Å². The van der Waals surface area contributed by atoms with Gasteiger partial charge >= 0.3 is 0 Å². The number of benzene rings is 1. The maximum atomic E-state index is 5.68. The van der Waals surface area contributed by atoms with Crippen molar-refractivity contribution < 1.29 is 9.47 Å². The molecule has 1 rings (SSSR count). The van der Waals surface area contributed by atoms with E-state index < -0.39 is 0 Å².